The smallest absolute Gasteiger partial charge is 0.193 e. The van der Waals surface area contributed by atoms with Gasteiger partial charge in [-0.2, -0.15) is 0 Å². The lowest BCUT2D eigenvalue weighted by Gasteiger charge is -2.34. The molecule has 0 aromatic heterocycles. The lowest BCUT2D eigenvalue weighted by molar-refractivity contribution is 0.00989. The van der Waals surface area contributed by atoms with E-state index < -0.39 is 0 Å². The molecule has 2 aromatic carbocycles. The van der Waals surface area contributed by atoms with Crippen LogP contribution in [0.25, 0.3) is 0 Å². The molecule has 3 rings (SSSR count). The summed E-state index contributed by atoms with van der Waals surface area (Å²) in [6.45, 7) is 4.74. The maximum atomic E-state index is 5.97. The van der Waals surface area contributed by atoms with Crippen LogP contribution in [0.1, 0.15) is 30.4 Å². The fraction of sp³-hybridized carbons (Fsp3) is 0.480. The van der Waals surface area contributed by atoms with Crippen molar-refractivity contribution in [3.8, 4) is 5.75 Å². The van der Waals surface area contributed by atoms with Gasteiger partial charge in [0.1, 0.15) is 12.4 Å². The van der Waals surface area contributed by atoms with E-state index in [2.05, 4.69) is 39.5 Å². The summed E-state index contributed by atoms with van der Waals surface area (Å²) in [4.78, 5) is 6.80. The minimum Gasteiger partial charge on any atom is -0.489 e. The molecule has 31 heavy (non-hydrogen) atoms. The average molecular weight is 426 g/mol. The van der Waals surface area contributed by atoms with E-state index in [0.29, 0.717) is 12.7 Å². The first-order chi connectivity index (χ1) is 15.3. The molecule has 0 unspecified atom stereocenters. The van der Waals surface area contributed by atoms with Crippen molar-refractivity contribution in [1.82, 2.24) is 10.2 Å². The van der Waals surface area contributed by atoms with E-state index in [0.717, 1.165) is 69.4 Å². The number of methoxy groups -OCH3 is 1. The van der Waals surface area contributed by atoms with E-state index in [1.807, 2.05) is 37.4 Å². The molecule has 0 radical (unpaired) electrons. The summed E-state index contributed by atoms with van der Waals surface area (Å²) < 4.78 is 16.9. The predicted octanol–water partition coefficient (Wildman–Crippen LogP) is 3.86. The molecule has 6 nitrogen and oxygen atoms in total. The number of para-hydroxylation sites is 1. The molecule has 0 saturated carbocycles. The van der Waals surface area contributed by atoms with Crippen molar-refractivity contribution in [3.05, 3.63) is 65.7 Å². The molecule has 168 valence electrons. The second-order valence-electron chi connectivity index (χ2n) is 7.73. The first kappa shape index (κ1) is 23.1. The topological polar surface area (TPSA) is 55.3 Å². The van der Waals surface area contributed by atoms with Crippen molar-refractivity contribution >= 4 is 5.96 Å². The van der Waals surface area contributed by atoms with Gasteiger partial charge in [-0.05, 0) is 42.5 Å². The number of likely N-dealkylation sites (tertiary alicyclic amines) is 1. The fourth-order valence-electron chi connectivity index (χ4n) is 3.71. The number of guanidine groups is 1. The Labute approximate surface area is 186 Å². The molecule has 1 saturated heterocycles. The van der Waals surface area contributed by atoms with Gasteiger partial charge in [0, 0.05) is 47.0 Å². The van der Waals surface area contributed by atoms with Crippen LogP contribution in [0.3, 0.4) is 0 Å². The third-order valence-corrected chi connectivity index (χ3v) is 5.39. The number of hydrogen-bond acceptors (Lipinski definition) is 4. The largest absolute Gasteiger partial charge is 0.489 e. The Hall–Kier alpha value is -2.57. The van der Waals surface area contributed by atoms with Crippen LogP contribution < -0.4 is 10.1 Å². The van der Waals surface area contributed by atoms with Gasteiger partial charge in [-0.1, -0.05) is 42.5 Å². The zero-order valence-electron chi connectivity index (χ0n) is 18.8. The summed E-state index contributed by atoms with van der Waals surface area (Å²) >= 11 is 0. The Bertz CT molecular complexity index is 790. The fourth-order valence-corrected chi connectivity index (χ4v) is 3.71. The minimum absolute atomic E-state index is 0.340. The molecule has 1 N–H and O–H groups in total. The van der Waals surface area contributed by atoms with Crippen LogP contribution in [0.5, 0.6) is 5.75 Å². The number of piperidine rings is 1. The van der Waals surface area contributed by atoms with Gasteiger partial charge in [0.25, 0.3) is 0 Å². The van der Waals surface area contributed by atoms with Gasteiger partial charge in [-0.25, -0.2) is 0 Å². The summed E-state index contributed by atoms with van der Waals surface area (Å²) in [5.74, 6) is 1.83. The van der Waals surface area contributed by atoms with Crippen LogP contribution in [-0.2, 0) is 22.6 Å². The molecule has 6 heteroatoms. The summed E-state index contributed by atoms with van der Waals surface area (Å²) in [6, 6.07) is 18.4. The molecule has 1 heterocycles. The van der Waals surface area contributed by atoms with Crippen molar-refractivity contribution in [1.29, 1.82) is 0 Å². The molecule has 0 aliphatic carbocycles. The first-order valence-electron chi connectivity index (χ1n) is 11.1. The summed E-state index contributed by atoms with van der Waals surface area (Å²) in [7, 11) is 3.58. The van der Waals surface area contributed by atoms with Crippen LogP contribution in [0.4, 0.5) is 0 Å². The number of aliphatic imine (C=N–C) groups is 1. The average Bonchev–Trinajstić information content (AvgIpc) is 2.83. The lowest BCUT2D eigenvalue weighted by atomic mass is 10.1. The SMILES string of the molecule is CN=C(NCc1cccc(COc2ccccc2)c1)N1CCC(OCCCOC)CC1. The third kappa shape index (κ3) is 7.89. The van der Waals surface area contributed by atoms with Gasteiger partial charge in [-0.15, -0.1) is 0 Å². The van der Waals surface area contributed by atoms with Crippen LogP contribution in [-0.4, -0.2) is 57.4 Å². The van der Waals surface area contributed by atoms with Gasteiger partial charge in [0.2, 0.25) is 0 Å². The first-order valence-corrected chi connectivity index (χ1v) is 11.1. The highest BCUT2D eigenvalue weighted by Gasteiger charge is 2.21. The van der Waals surface area contributed by atoms with E-state index in [1.165, 1.54) is 5.56 Å². The van der Waals surface area contributed by atoms with Gasteiger partial charge in [0.15, 0.2) is 5.96 Å². The molecule has 0 atom stereocenters. The van der Waals surface area contributed by atoms with Gasteiger partial charge in [-0.3, -0.25) is 4.99 Å². The quantitative estimate of drug-likeness (QED) is 0.356. The Morgan fingerprint density at radius 2 is 1.81 bits per heavy atom. The van der Waals surface area contributed by atoms with Gasteiger partial charge in [0.05, 0.1) is 6.10 Å². The Kier molecular flexibility index (Phi) is 9.67. The van der Waals surface area contributed by atoms with E-state index in [9.17, 15) is 0 Å². The maximum absolute atomic E-state index is 5.97. The number of rotatable bonds is 10. The van der Waals surface area contributed by atoms with Crippen LogP contribution in [0.2, 0.25) is 0 Å². The molecule has 0 bridgehead atoms. The van der Waals surface area contributed by atoms with Crippen molar-refractivity contribution in [2.24, 2.45) is 4.99 Å². The molecule has 1 fully saturated rings. The predicted molar refractivity (Wildman–Crippen MR) is 124 cm³/mol. The normalized spacial score (nSPS) is 15.2. The van der Waals surface area contributed by atoms with Gasteiger partial charge >= 0.3 is 0 Å². The number of nitrogens with one attached hydrogen (secondary N) is 1. The van der Waals surface area contributed by atoms with Crippen molar-refractivity contribution in [2.75, 3.05) is 40.5 Å². The molecule has 1 aliphatic heterocycles. The Morgan fingerprint density at radius 1 is 1.03 bits per heavy atom. The van der Waals surface area contributed by atoms with E-state index in [4.69, 9.17) is 14.2 Å². The van der Waals surface area contributed by atoms with Crippen LogP contribution >= 0.6 is 0 Å². The number of nitrogens with zero attached hydrogens (tertiary/aromatic N) is 2. The Balaban J connectivity index is 1.42. The highest BCUT2D eigenvalue weighted by molar-refractivity contribution is 5.80. The van der Waals surface area contributed by atoms with E-state index in [1.54, 1.807) is 7.11 Å². The summed E-state index contributed by atoms with van der Waals surface area (Å²) in [6.07, 6.45) is 3.35. The van der Waals surface area contributed by atoms with Crippen LogP contribution in [0, 0.1) is 0 Å². The second-order valence-corrected chi connectivity index (χ2v) is 7.73. The molecule has 1 aliphatic rings. The molecular weight excluding hydrogens is 390 g/mol. The summed E-state index contributed by atoms with van der Waals surface area (Å²) in [5, 5.41) is 3.51. The monoisotopic (exact) mass is 425 g/mol. The van der Waals surface area contributed by atoms with E-state index >= 15 is 0 Å². The number of benzene rings is 2. The number of ether oxygens (including phenoxy) is 3. The van der Waals surface area contributed by atoms with Crippen molar-refractivity contribution in [2.45, 2.75) is 38.5 Å². The molecule has 0 amide bonds. The molecule has 2 aromatic rings. The lowest BCUT2D eigenvalue weighted by Crippen LogP contribution is -2.46. The van der Waals surface area contributed by atoms with Crippen LogP contribution in [0.15, 0.2) is 59.6 Å². The Morgan fingerprint density at radius 3 is 2.55 bits per heavy atom. The minimum atomic E-state index is 0.340. The number of hydrogen-bond donors (Lipinski definition) is 1. The highest BCUT2D eigenvalue weighted by atomic mass is 16.5. The second kappa shape index (κ2) is 13.0. The third-order valence-electron chi connectivity index (χ3n) is 5.39. The van der Waals surface area contributed by atoms with Crippen molar-refractivity contribution in [3.63, 3.8) is 0 Å². The van der Waals surface area contributed by atoms with Crippen molar-refractivity contribution < 1.29 is 14.2 Å². The molecular formula is C25H35N3O3. The van der Waals surface area contributed by atoms with E-state index in [-0.39, 0.29) is 0 Å². The zero-order chi connectivity index (χ0) is 21.7. The highest BCUT2D eigenvalue weighted by Crippen LogP contribution is 2.15. The standard InChI is InChI=1S/C25H35N3O3/c1-26-25(28-14-12-24(13-15-28)30-17-7-16-29-2)27-19-21-8-6-9-22(18-21)20-31-23-10-4-3-5-11-23/h3-6,8-11,18,24H,7,12-17,19-20H2,1-2H3,(H,26,27). The zero-order valence-corrected chi connectivity index (χ0v) is 18.8. The van der Waals surface area contributed by atoms with Gasteiger partial charge < -0.3 is 24.4 Å². The molecule has 0 spiro atoms. The summed E-state index contributed by atoms with van der Waals surface area (Å²) in [5.41, 5.74) is 2.37. The maximum Gasteiger partial charge on any atom is 0.193 e.